The lowest BCUT2D eigenvalue weighted by Crippen LogP contribution is -1.99. The van der Waals surface area contributed by atoms with Crippen LogP contribution in [0.4, 0.5) is 0 Å². The Kier molecular flexibility index (Phi) is 3.03. The lowest BCUT2D eigenvalue weighted by molar-refractivity contribution is 0.382. The fourth-order valence-corrected chi connectivity index (χ4v) is 2.16. The molecule has 0 fully saturated rings. The highest BCUT2D eigenvalue weighted by atomic mass is 35.7. The van der Waals surface area contributed by atoms with E-state index >= 15 is 0 Å². The Morgan fingerprint density at radius 2 is 2.18 bits per heavy atom. The molecule has 0 spiro atoms. The number of aromatic nitrogens is 2. The third-order valence-corrected chi connectivity index (χ3v) is 3.39. The van der Waals surface area contributed by atoms with Crippen LogP contribution in [-0.2, 0) is 15.5 Å². The van der Waals surface area contributed by atoms with Gasteiger partial charge in [0.05, 0.1) is 4.90 Å². The van der Waals surface area contributed by atoms with Gasteiger partial charge in [0.25, 0.3) is 9.05 Å². The summed E-state index contributed by atoms with van der Waals surface area (Å²) in [6.07, 6.45) is 0.256. The average Bonchev–Trinajstić information content (AvgIpc) is 2.63. The van der Waals surface area contributed by atoms with Crippen LogP contribution in [0.5, 0.6) is 0 Å². The highest BCUT2D eigenvalue weighted by molar-refractivity contribution is 8.13. The number of hydrogen-bond acceptors (Lipinski definition) is 5. The minimum Gasteiger partial charge on any atom is -0.296 e. The maximum absolute atomic E-state index is 11.1. The van der Waals surface area contributed by atoms with Gasteiger partial charge < -0.3 is 0 Å². The third-order valence-electron chi connectivity index (χ3n) is 2.04. The highest BCUT2D eigenvalue weighted by Crippen LogP contribution is 2.17. The van der Waals surface area contributed by atoms with Gasteiger partial charge in [-0.15, -0.1) is 0 Å². The molecule has 8 heteroatoms. The van der Waals surface area contributed by atoms with E-state index in [0.29, 0.717) is 11.4 Å². The van der Waals surface area contributed by atoms with Crippen molar-refractivity contribution in [3.05, 3.63) is 46.2 Å². The van der Waals surface area contributed by atoms with Crippen molar-refractivity contribution in [2.45, 2.75) is 11.3 Å². The van der Waals surface area contributed by atoms with Crippen LogP contribution < -0.4 is 5.76 Å². The Labute approximate surface area is 101 Å². The summed E-state index contributed by atoms with van der Waals surface area (Å²) in [5, 5.41) is 3.48. The zero-order valence-corrected chi connectivity index (χ0v) is 9.96. The van der Waals surface area contributed by atoms with Crippen LogP contribution in [0.2, 0.25) is 0 Å². The molecule has 0 atom stereocenters. The van der Waals surface area contributed by atoms with E-state index in [1.807, 2.05) is 0 Å². The monoisotopic (exact) mass is 274 g/mol. The molecule has 0 aliphatic carbocycles. The number of nitrogens with zero attached hydrogens (tertiary/aromatic N) is 1. The quantitative estimate of drug-likeness (QED) is 0.839. The summed E-state index contributed by atoms with van der Waals surface area (Å²) in [7, 11) is 1.46. The van der Waals surface area contributed by atoms with E-state index in [0.717, 1.165) is 0 Å². The second-order valence-electron chi connectivity index (χ2n) is 3.30. The predicted molar refractivity (Wildman–Crippen MR) is 59.4 cm³/mol. The van der Waals surface area contributed by atoms with Crippen molar-refractivity contribution in [2.24, 2.45) is 0 Å². The Morgan fingerprint density at radius 1 is 1.41 bits per heavy atom. The fraction of sp³-hybridized carbons (Fsp3) is 0.111. The molecule has 0 radical (unpaired) electrons. The first-order chi connectivity index (χ1) is 7.95. The molecule has 1 N–H and O–H groups in total. The zero-order chi connectivity index (χ0) is 12.5. The van der Waals surface area contributed by atoms with E-state index in [-0.39, 0.29) is 11.3 Å². The Balaban J connectivity index is 2.32. The number of nitrogens with one attached hydrogen (secondary N) is 1. The normalized spacial score (nSPS) is 11.6. The maximum Gasteiger partial charge on any atom is 0.438 e. The number of benzene rings is 1. The van der Waals surface area contributed by atoms with E-state index < -0.39 is 14.8 Å². The molecule has 2 rings (SSSR count). The zero-order valence-electron chi connectivity index (χ0n) is 8.38. The van der Waals surface area contributed by atoms with Gasteiger partial charge in [0.1, 0.15) is 0 Å². The molecule has 17 heavy (non-hydrogen) atoms. The molecule has 0 aliphatic rings. The Bertz CT molecular complexity index is 689. The van der Waals surface area contributed by atoms with Crippen LogP contribution in [0, 0.1) is 0 Å². The molecule has 0 saturated carbocycles. The molecule has 0 saturated heterocycles. The molecule has 0 amide bonds. The lowest BCUT2D eigenvalue weighted by atomic mass is 10.1. The standard InChI is InChI=1S/C9H7ClN2O4S/c10-17(14,15)7-3-1-2-6(4-7)5-8-11-9(13)16-12-8/h1-4H,5H2,(H,11,12,13). The second-order valence-corrected chi connectivity index (χ2v) is 5.87. The van der Waals surface area contributed by atoms with Crippen molar-refractivity contribution in [3.8, 4) is 0 Å². The van der Waals surface area contributed by atoms with Crippen molar-refractivity contribution in [2.75, 3.05) is 0 Å². The summed E-state index contributed by atoms with van der Waals surface area (Å²) in [6.45, 7) is 0. The van der Waals surface area contributed by atoms with Gasteiger partial charge >= 0.3 is 5.76 Å². The van der Waals surface area contributed by atoms with Crippen LogP contribution in [0.25, 0.3) is 0 Å². The van der Waals surface area contributed by atoms with Crippen molar-refractivity contribution < 1.29 is 12.9 Å². The smallest absolute Gasteiger partial charge is 0.296 e. The van der Waals surface area contributed by atoms with E-state index in [1.165, 1.54) is 12.1 Å². The SMILES string of the molecule is O=c1[nH]c(Cc2cccc(S(=O)(=O)Cl)c2)no1. The molecule has 0 aliphatic heterocycles. The first-order valence-corrected chi connectivity index (χ1v) is 6.84. The molecule has 1 aromatic carbocycles. The average molecular weight is 275 g/mol. The van der Waals surface area contributed by atoms with Gasteiger partial charge in [0.2, 0.25) is 0 Å². The first-order valence-electron chi connectivity index (χ1n) is 4.53. The topological polar surface area (TPSA) is 93.0 Å². The van der Waals surface area contributed by atoms with Gasteiger partial charge in [-0.1, -0.05) is 17.3 Å². The molecular formula is C9H7ClN2O4S. The second kappa shape index (κ2) is 4.34. The maximum atomic E-state index is 11.1. The van der Waals surface area contributed by atoms with Crippen LogP contribution in [0.3, 0.4) is 0 Å². The lowest BCUT2D eigenvalue weighted by Gasteiger charge is -2.00. The molecule has 1 heterocycles. The van der Waals surface area contributed by atoms with Gasteiger partial charge in [-0.05, 0) is 17.7 Å². The molecule has 6 nitrogen and oxygen atoms in total. The third kappa shape index (κ3) is 2.95. The van der Waals surface area contributed by atoms with Crippen molar-refractivity contribution >= 4 is 19.7 Å². The number of H-pyrrole nitrogens is 1. The van der Waals surface area contributed by atoms with Crippen LogP contribution in [0.1, 0.15) is 11.4 Å². The van der Waals surface area contributed by atoms with Crippen molar-refractivity contribution in [1.29, 1.82) is 0 Å². The summed E-state index contributed by atoms with van der Waals surface area (Å²) in [4.78, 5) is 13.1. The minimum absolute atomic E-state index is 0.00232. The number of halogens is 1. The number of hydrogen-bond donors (Lipinski definition) is 1. The molecule has 1 aromatic heterocycles. The molecule has 2 aromatic rings. The molecule has 90 valence electrons. The number of aromatic amines is 1. The first kappa shape index (κ1) is 11.9. The summed E-state index contributed by atoms with van der Waals surface area (Å²) in [5.41, 5.74) is 0.649. The number of rotatable bonds is 3. The van der Waals surface area contributed by atoms with Gasteiger partial charge in [0, 0.05) is 17.1 Å². The summed E-state index contributed by atoms with van der Waals surface area (Å²) < 4.78 is 26.6. The van der Waals surface area contributed by atoms with Gasteiger partial charge in [-0.25, -0.2) is 13.2 Å². The van der Waals surface area contributed by atoms with Gasteiger partial charge in [-0.2, -0.15) is 0 Å². The fourth-order valence-electron chi connectivity index (χ4n) is 1.34. The van der Waals surface area contributed by atoms with Crippen LogP contribution in [-0.4, -0.2) is 18.6 Å². The van der Waals surface area contributed by atoms with E-state index in [1.54, 1.807) is 12.1 Å². The Morgan fingerprint density at radius 3 is 2.76 bits per heavy atom. The minimum atomic E-state index is -3.76. The largest absolute Gasteiger partial charge is 0.438 e. The summed E-state index contributed by atoms with van der Waals surface area (Å²) >= 11 is 0. The predicted octanol–water partition coefficient (Wildman–Crippen LogP) is 0.881. The van der Waals surface area contributed by atoms with E-state index in [9.17, 15) is 13.2 Å². The molecular weight excluding hydrogens is 268 g/mol. The van der Waals surface area contributed by atoms with Crippen LogP contribution >= 0.6 is 10.7 Å². The summed E-state index contributed by atoms with van der Waals surface area (Å²) in [6, 6.07) is 6.05. The highest BCUT2D eigenvalue weighted by Gasteiger charge is 2.11. The summed E-state index contributed by atoms with van der Waals surface area (Å²) in [5.74, 6) is -0.333. The van der Waals surface area contributed by atoms with Crippen LogP contribution in [0.15, 0.2) is 38.5 Å². The van der Waals surface area contributed by atoms with Gasteiger partial charge in [-0.3, -0.25) is 9.51 Å². The molecule has 0 unspecified atom stereocenters. The van der Waals surface area contributed by atoms with E-state index in [4.69, 9.17) is 10.7 Å². The van der Waals surface area contributed by atoms with Gasteiger partial charge in [0.15, 0.2) is 5.82 Å². The van der Waals surface area contributed by atoms with Crippen molar-refractivity contribution in [3.63, 3.8) is 0 Å². The van der Waals surface area contributed by atoms with Crippen molar-refractivity contribution in [1.82, 2.24) is 10.1 Å². The van der Waals surface area contributed by atoms with E-state index in [2.05, 4.69) is 14.7 Å². The molecule has 0 bridgehead atoms. The Hall–Kier alpha value is -1.60.